The molecular weight excluding hydrogens is 264 g/mol. The van der Waals surface area contributed by atoms with Gasteiger partial charge in [-0.2, -0.15) is 0 Å². The maximum Gasteiger partial charge on any atom is 0.318 e. The Balaban J connectivity index is 1.94. The number of urea groups is 1. The second-order valence-electron chi connectivity index (χ2n) is 5.57. The van der Waals surface area contributed by atoms with Gasteiger partial charge in [-0.1, -0.05) is 6.42 Å². The molecule has 0 spiro atoms. The van der Waals surface area contributed by atoms with E-state index in [1.54, 1.807) is 4.90 Å². The fourth-order valence-electron chi connectivity index (χ4n) is 2.88. The molecule has 1 saturated carbocycles. The van der Waals surface area contributed by atoms with E-state index in [4.69, 9.17) is 14.9 Å². The van der Waals surface area contributed by atoms with Crippen LogP contribution in [0.3, 0.4) is 0 Å². The number of carbonyl (C=O) groups excluding carboxylic acids is 1. The summed E-state index contributed by atoms with van der Waals surface area (Å²) in [5, 5.41) is 21.1. The molecule has 0 aromatic heterocycles. The maximum atomic E-state index is 12.3. The zero-order chi connectivity index (χ0) is 14.7. The van der Waals surface area contributed by atoms with Crippen LogP contribution in [0.1, 0.15) is 26.2 Å². The normalized spacial score (nSPS) is 34.0. The van der Waals surface area contributed by atoms with Gasteiger partial charge in [0.15, 0.2) is 0 Å². The first-order chi connectivity index (χ1) is 9.52. The molecule has 1 heterocycles. The van der Waals surface area contributed by atoms with E-state index in [1.165, 1.54) is 0 Å². The van der Waals surface area contributed by atoms with Gasteiger partial charge in [0.2, 0.25) is 0 Å². The van der Waals surface area contributed by atoms with Gasteiger partial charge in [0.05, 0.1) is 37.8 Å². The Kier molecular flexibility index (Phi) is 4.82. The van der Waals surface area contributed by atoms with Crippen LogP contribution in [-0.4, -0.2) is 65.1 Å². The van der Waals surface area contributed by atoms with Crippen LogP contribution in [0.25, 0.3) is 0 Å². The van der Waals surface area contributed by atoms with Gasteiger partial charge in [0.25, 0.3) is 0 Å². The number of morpholine rings is 1. The highest BCUT2D eigenvalue weighted by molar-refractivity contribution is 5.77. The Labute approximate surface area is 117 Å². The molecule has 0 bridgehead atoms. The van der Waals surface area contributed by atoms with Gasteiger partial charge in [0, 0.05) is 6.04 Å². The largest absolute Gasteiger partial charge is 0.481 e. The number of ether oxygens (including phenoxy) is 1. The molecular formula is C13H22N2O5. The minimum atomic E-state index is -0.851. The van der Waals surface area contributed by atoms with Crippen molar-refractivity contribution in [3.05, 3.63) is 0 Å². The van der Waals surface area contributed by atoms with E-state index in [-0.39, 0.29) is 30.8 Å². The Morgan fingerprint density at radius 2 is 2.15 bits per heavy atom. The molecule has 3 N–H and O–H groups in total. The van der Waals surface area contributed by atoms with Gasteiger partial charge >= 0.3 is 12.0 Å². The predicted molar refractivity (Wildman–Crippen MR) is 70.3 cm³/mol. The number of rotatable bonds is 3. The summed E-state index contributed by atoms with van der Waals surface area (Å²) in [6.07, 6.45) is 1.76. The van der Waals surface area contributed by atoms with Crippen molar-refractivity contribution in [2.24, 2.45) is 5.92 Å². The van der Waals surface area contributed by atoms with Crippen LogP contribution in [0.4, 0.5) is 4.79 Å². The van der Waals surface area contributed by atoms with E-state index in [0.717, 1.165) is 6.42 Å². The lowest BCUT2D eigenvalue weighted by Crippen LogP contribution is -2.57. The zero-order valence-electron chi connectivity index (χ0n) is 11.6. The van der Waals surface area contributed by atoms with Gasteiger partial charge in [-0.05, 0) is 19.8 Å². The molecule has 0 radical (unpaired) electrons. The van der Waals surface area contributed by atoms with Crippen LogP contribution >= 0.6 is 0 Å². The van der Waals surface area contributed by atoms with Crippen LogP contribution in [0, 0.1) is 5.92 Å². The highest BCUT2D eigenvalue weighted by Crippen LogP contribution is 2.26. The van der Waals surface area contributed by atoms with Gasteiger partial charge in [0.1, 0.15) is 0 Å². The van der Waals surface area contributed by atoms with Crippen molar-refractivity contribution in [1.29, 1.82) is 0 Å². The first-order valence-corrected chi connectivity index (χ1v) is 7.05. The molecule has 2 aliphatic rings. The second-order valence-corrected chi connectivity index (χ2v) is 5.57. The average Bonchev–Trinajstić information content (AvgIpc) is 2.87. The first kappa shape index (κ1) is 15.1. The van der Waals surface area contributed by atoms with Crippen molar-refractivity contribution >= 4 is 12.0 Å². The monoisotopic (exact) mass is 286 g/mol. The second kappa shape index (κ2) is 6.41. The summed E-state index contributed by atoms with van der Waals surface area (Å²) in [4.78, 5) is 25.0. The molecule has 0 aromatic rings. The van der Waals surface area contributed by atoms with Crippen molar-refractivity contribution in [1.82, 2.24) is 10.2 Å². The number of carboxylic acids is 1. The SMILES string of the molecule is CC1COC(CO)CN1C(=O)NC1CCCC1C(=O)O. The minimum Gasteiger partial charge on any atom is -0.481 e. The standard InChI is InChI=1S/C13H22N2O5/c1-8-7-20-9(6-16)5-15(8)13(19)14-11-4-2-3-10(11)12(17)18/h8-11,16H,2-7H2,1H3,(H,14,19)(H,17,18). The summed E-state index contributed by atoms with van der Waals surface area (Å²) in [6, 6.07) is -0.650. The van der Waals surface area contributed by atoms with Crippen LogP contribution in [0.2, 0.25) is 0 Å². The van der Waals surface area contributed by atoms with Crippen molar-refractivity contribution in [2.45, 2.75) is 44.4 Å². The highest BCUT2D eigenvalue weighted by atomic mass is 16.5. The number of aliphatic hydroxyl groups is 1. The van der Waals surface area contributed by atoms with E-state index in [1.807, 2.05) is 6.92 Å². The predicted octanol–water partition coefficient (Wildman–Crippen LogP) is 0.0309. The number of nitrogens with one attached hydrogen (secondary N) is 1. The molecule has 2 fully saturated rings. The van der Waals surface area contributed by atoms with Gasteiger partial charge in [-0.25, -0.2) is 4.79 Å². The molecule has 4 unspecified atom stereocenters. The third-order valence-corrected chi connectivity index (χ3v) is 4.11. The summed E-state index contributed by atoms with van der Waals surface area (Å²) in [6.45, 7) is 2.45. The summed E-state index contributed by atoms with van der Waals surface area (Å²) >= 11 is 0. The van der Waals surface area contributed by atoms with Crippen molar-refractivity contribution in [3.8, 4) is 0 Å². The molecule has 114 valence electrons. The van der Waals surface area contributed by atoms with Crippen LogP contribution in [0.15, 0.2) is 0 Å². The Morgan fingerprint density at radius 3 is 2.80 bits per heavy atom. The minimum absolute atomic E-state index is 0.0810. The summed E-state index contributed by atoms with van der Waals surface area (Å²) in [5.74, 6) is -1.35. The highest BCUT2D eigenvalue weighted by Gasteiger charge is 2.36. The van der Waals surface area contributed by atoms with E-state index in [2.05, 4.69) is 5.32 Å². The van der Waals surface area contributed by atoms with Crippen LogP contribution in [0.5, 0.6) is 0 Å². The molecule has 4 atom stereocenters. The van der Waals surface area contributed by atoms with Crippen molar-refractivity contribution in [3.63, 3.8) is 0 Å². The van der Waals surface area contributed by atoms with Crippen LogP contribution in [-0.2, 0) is 9.53 Å². The first-order valence-electron chi connectivity index (χ1n) is 7.05. The quantitative estimate of drug-likeness (QED) is 0.680. The number of carboxylic acid groups (broad SMARTS) is 1. The number of hydrogen-bond acceptors (Lipinski definition) is 4. The molecule has 2 rings (SSSR count). The summed E-state index contributed by atoms with van der Waals surface area (Å²) in [5.41, 5.74) is 0. The third-order valence-electron chi connectivity index (χ3n) is 4.11. The third kappa shape index (κ3) is 3.21. The van der Waals surface area contributed by atoms with Gasteiger partial charge < -0.3 is 25.2 Å². The van der Waals surface area contributed by atoms with Gasteiger partial charge in [-0.3, -0.25) is 4.79 Å². The smallest absolute Gasteiger partial charge is 0.318 e. The Morgan fingerprint density at radius 1 is 1.40 bits per heavy atom. The van der Waals surface area contributed by atoms with E-state index >= 15 is 0 Å². The number of nitrogens with zero attached hydrogens (tertiary/aromatic N) is 1. The van der Waals surface area contributed by atoms with Crippen molar-refractivity contribution < 1.29 is 24.5 Å². The zero-order valence-corrected chi connectivity index (χ0v) is 11.6. The number of amides is 2. The van der Waals surface area contributed by atoms with E-state index < -0.39 is 11.9 Å². The van der Waals surface area contributed by atoms with E-state index in [0.29, 0.717) is 26.0 Å². The van der Waals surface area contributed by atoms with Gasteiger partial charge in [-0.15, -0.1) is 0 Å². The molecule has 20 heavy (non-hydrogen) atoms. The molecule has 1 aliphatic carbocycles. The Hall–Kier alpha value is -1.34. The summed E-state index contributed by atoms with van der Waals surface area (Å²) in [7, 11) is 0. The Bertz CT molecular complexity index is 376. The maximum absolute atomic E-state index is 12.3. The lowest BCUT2D eigenvalue weighted by atomic mass is 10.0. The lowest BCUT2D eigenvalue weighted by Gasteiger charge is -2.38. The molecule has 1 saturated heterocycles. The molecule has 7 nitrogen and oxygen atoms in total. The molecule has 7 heteroatoms. The number of aliphatic carboxylic acids is 1. The fraction of sp³-hybridized carbons (Fsp3) is 0.846. The topological polar surface area (TPSA) is 99.1 Å². The average molecular weight is 286 g/mol. The molecule has 0 aromatic carbocycles. The van der Waals surface area contributed by atoms with Crippen molar-refractivity contribution in [2.75, 3.05) is 19.8 Å². The number of hydrogen-bond donors (Lipinski definition) is 3. The van der Waals surface area contributed by atoms with E-state index in [9.17, 15) is 9.59 Å². The fourth-order valence-corrected chi connectivity index (χ4v) is 2.88. The lowest BCUT2D eigenvalue weighted by molar-refractivity contribution is -0.142. The summed E-state index contributed by atoms with van der Waals surface area (Å²) < 4.78 is 5.38. The number of aliphatic hydroxyl groups excluding tert-OH is 1. The number of carbonyl (C=O) groups is 2. The molecule has 1 aliphatic heterocycles. The molecule has 2 amide bonds. The van der Waals surface area contributed by atoms with Crippen LogP contribution < -0.4 is 5.32 Å².